The summed E-state index contributed by atoms with van der Waals surface area (Å²) in [5.41, 5.74) is 3.82. The van der Waals surface area contributed by atoms with E-state index in [9.17, 15) is 4.79 Å². The van der Waals surface area contributed by atoms with Gasteiger partial charge >= 0.3 is 0 Å². The van der Waals surface area contributed by atoms with Gasteiger partial charge in [0.1, 0.15) is 5.01 Å². The monoisotopic (exact) mass is 400 g/mol. The Morgan fingerprint density at radius 1 is 1.32 bits per heavy atom. The van der Waals surface area contributed by atoms with Gasteiger partial charge in [-0.1, -0.05) is 0 Å². The minimum absolute atomic E-state index is 0. The zero-order chi connectivity index (χ0) is 15.6. The van der Waals surface area contributed by atoms with E-state index >= 15 is 0 Å². The molecule has 3 heterocycles. The van der Waals surface area contributed by atoms with Gasteiger partial charge in [0.05, 0.1) is 6.54 Å². The van der Waals surface area contributed by atoms with Crippen molar-refractivity contribution < 1.29 is 4.79 Å². The van der Waals surface area contributed by atoms with Gasteiger partial charge in [0.15, 0.2) is 0 Å². The summed E-state index contributed by atoms with van der Waals surface area (Å²) < 4.78 is 0. The molecule has 0 atom stereocenters. The lowest BCUT2D eigenvalue weighted by atomic mass is 9.97. The SMILES string of the molecule is Cl.Cl.O=C(NCc1cncc2c1CCN(Cc1nccs1)C2)C1CC1. The first-order chi connectivity index (χ1) is 11.3. The smallest absolute Gasteiger partial charge is 0.223 e. The van der Waals surface area contributed by atoms with Crippen LogP contribution in [0.5, 0.6) is 0 Å². The number of thiazole rings is 1. The largest absolute Gasteiger partial charge is 0.352 e. The first-order valence-corrected chi connectivity index (χ1v) is 9.00. The number of halogens is 2. The van der Waals surface area contributed by atoms with E-state index in [1.54, 1.807) is 11.3 Å². The fourth-order valence-electron chi connectivity index (χ4n) is 3.11. The van der Waals surface area contributed by atoms with Crippen molar-refractivity contribution in [1.82, 2.24) is 20.2 Å². The average molecular weight is 401 g/mol. The lowest BCUT2D eigenvalue weighted by Gasteiger charge is -2.29. The topological polar surface area (TPSA) is 58.1 Å². The number of hydrogen-bond donors (Lipinski definition) is 1. The normalized spacial score (nSPS) is 16.3. The molecule has 0 saturated heterocycles. The Hall–Kier alpha value is -1.21. The molecule has 1 aliphatic heterocycles. The van der Waals surface area contributed by atoms with Gasteiger partial charge in [-0.3, -0.25) is 14.7 Å². The Bertz CT molecular complexity index is 707. The second kappa shape index (κ2) is 8.94. The van der Waals surface area contributed by atoms with Crippen molar-refractivity contribution in [1.29, 1.82) is 0 Å². The summed E-state index contributed by atoms with van der Waals surface area (Å²) in [5, 5.41) is 6.24. The molecule has 1 N–H and O–H groups in total. The molecule has 4 rings (SSSR count). The summed E-state index contributed by atoms with van der Waals surface area (Å²) >= 11 is 1.71. The second-order valence-corrected chi connectivity index (χ2v) is 7.29. The van der Waals surface area contributed by atoms with Gasteiger partial charge in [-0.2, -0.15) is 0 Å². The van der Waals surface area contributed by atoms with Crippen LogP contribution in [0.15, 0.2) is 24.0 Å². The zero-order valence-corrected chi connectivity index (χ0v) is 16.3. The third-order valence-corrected chi connectivity index (χ3v) is 5.32. The Morgan fingerprint density at radius 2 is 2.16 bits per heavy atom. The number of carbonyl (C=O) groups is 1. The molecule has 25 heavy (non-hydrogen) atoms. The molecule has 2 aromatic heterocycles. The van der Waals surface area contributed by atoms with Gasteiger partial charge in [0.25, 0.3) is 0 Å². The summed E-state index contributed by atoms with van der Waals surface area (Å²) in [6.07, 6.45) is 8.83. The standard InChI is InChI=1S/C17H20N4OS.2ClH/c22-17(12-1-2-12)20-9-13-7-18-8-14-10-21(5-3-15(13)14)11-16-19-4-6-23-16;;/h4,6-8,12H,1-3,5,9-11H2,(H,20,22);2*1H. The molecule has 1 saturated carbocycles. The van der Waals surface area contributed by atoms with Crippen LogP contribution in [0.2, 0.25) is 0 Å². The van der Waals surface area contributed by atoms with Crippen molar-refractivity contribution in [3.8, 4) is 0 Å². The van der Waals surface area contributed by atoms with Crippen LogP contribution >= 0.6 is 36.2 Å². The summed E-state index contributed by atoms with van der Waals surface area (Å²) in [6.45, 7) is 3.45. The molecule has 0 aromatic carbocycles. The molecular weight excluding hydrogens is 379 g/mol. The first kappa shape index (κ1) is 20.1. The van der Waals surface area contributed by atoms with E-state index in [0.29, 0.717) is 6.54 Å². The average Bonchev–Trinajstić information content (AvgIpc) is 3.30. The fourth-order valence-corrected chi connectivity index (χ4v) is 3.77. The predicted octanol–water partition coefficient (Wildman–Crippen LogP) is 2.97. The van der Waals surface area contributed by atoms with E-state index in [4.69, 9.17) is 0 Å². The lowest BCUT2D eigenvalue weighted by Crippen LogP contribution is -2.32. The first-order valence-electron chi connectivity index (χ1n) is 8.12. The molecular formula is C17H22Cl2N4OS. The van der Waals surface area contributed by atoms with Crippen LogP contribution in [0.4, 0.5) is 0 Å². The van der Waals surface area contributed by atoms with Crippen LogP contribution in [-0.4, -0.2) is 27.3 Å². The van der Waals surface area contributed by atoms with E-state index < -0.39 is 0 Å². The van der Waals surface area contributed by atoms with Gasteiger partial charge in [0.2, 0.25) is 5.91 Å². The number of hydrogen-bond acceptors (Lipinski definition) is 5. The molecule has 0 bridgehead atoms. The lowest BCUT2D eigenvalue weighted by molar-refractivity contribution is -0.122. The van der Waals surface area contributed by atoms with Crippen LogP contribution in [0.25, 0.3) is 0 Å². The van der Waals surface area contributed by atoms with Crippen molar-refractivity contribution in [2.24, 2.45) is 5.92 Å². The number of pyridine rings is 1. The maximum absolute atomic E-state index is 11.8. The molecule has 136 valence electrons. The molecule has 1 aliphatic carbocycles. The van der Waals surface area contributed by atoms with Crippen molar-refractivity contribution in [3.63, 3.8) is 0 Å². The Labute approximate surface area is 164 Å². The number of nitrogens with one attached hydrogen (secondary N) is 1. The highest BCUT2D eigenvalue weighted by atomic mass is 35.5. The van der Waals surface area contributed by atoms with Gasteiger partial charge in [-0.25, -0.2) is 4.98 Å². The number of aromatic nitrogens is 2. The third kappa shape index (κ3) is 4.91. The van der Waals surface area contributed by atoms with Gasteiger partial charge in [-0.05, 0) is 36.0 Å². The van der Waals surface area contributed by atoms with E-state index in [1.165, 1.54) is 16.7 Å². The molecule has 1 amide bonds. The van der Waals surface area contributed by atoms with E-state index in [1.807, 2.05) is 24.0 Å². The molecule has 0 unspecified atom stereocenters. The fraction of sp³-hybridized carbons (Fsp3) is 0.471. The van der Waals surface area contributed by atoms with Crippen LogP contribution < -0.4 is 5.32 Å². The van der Waals surface area contributed by atoms with Gasteiger partial charge in [0, 0.05) is 49.5 Å². The number of carbonyl (C=O) groups excluding carboxylic acids is 1. The van der Waals surface area contributed by atoms with Crippen molar-refractivity contribution >= 4 is 42.1 Å². The van der Waals surface area contributed by atoms with Crippen LogP contribution in [0, 0.1) is 5.92 Å². The summed E-state index contributed by atoms with van der Waals surface area (Å²) in [5.74, 6) is 0.458. The van der Waals surface area contributed by atoms with E-state index in [-0.39, 0.29) is 36.6 Å². The number of nitrogens with zero attached hydrogens (tertiary/aromatic N) is 3. The van der Waals surface area contributed by atoms with Crippen LogP contribution in [0.1, 0.15) is 34.5 Å². The highest BCUT2D eigenvalue weighted by molar-refractivity contribution is 7.09. The third-order valence-electron chi connectivity index (χ3n) is 4.55. The maximum atomic E-state index is 11.8. The second-order valence-electron chi connectivity index (χ2n) is 6.31. The minimum atomic E-state index is 0. The molecule has 8 heteroatoms. The van der Waals surface area contributed by atoms with Crippen LogP contribution in [0.3, 0.4) is 0 Å². The zero-order valence-electron chi connectivity index (χ0n) is 13.8. The molecule has 2 aromatic rings. The number of fused-ring (bicyclic) bond motifs is 1. The van der Waals surface area contributed by atoms with Crippen molar-refractivity contribution in [2.45, 2.75) is 38.9 Å². The highest BCUT2D eigenvalue weighted by Gasteiger charge is 2.29. The van der Waals surface area contributed by atoms with Crippen molar-refractivity contribution in [2.75, 3.05) is 6.54 Å². The Kier molecular flexibility index (Phi) is 7.19. The van der Waals surface area contributed by atoms with E-state index in [2.05, 4.69) is 20.2 Å². The summed E-state index contributed by atoms with van der Waals surface area (Å²) in [4.78, 5) is 23.0. The molecule has 2 aliphatic rings. The van der Waals surface area contributed by atoms with Gasteiger partial charge < -0.3 is 5.32 Å². The predicted molar refractivity (Wildman–Crippen MR) is 103 cm³/mol. The summed E-state index contributed by atoms with van der Waals surface area (Å²) in [6, 6.07) is 0. The molecule has 0 radical (unpaired) electrons. The van der Waals surface area contributed by atoms with Crippen molar-refractivity contribution in [3.05, 3.63) is 45.7 Å². The van der Waals surface area contributed by atoms with Crippen LogP contribution in [-0.2, 0) is 30.8 Å². The Morgan fingerprint density at radius 3 is 2.88 bits per heavy atom. The molecule has 0 spiro atoms. The van der Waals surface area contributed by atoms with Gasteiger partial charge in [-0.15, -0.1) is 36.2 Å². The highest BCUT2D eigenvalue weighted by Crippen LogP contribution is 2.29. The minimum Gasteiger partial charge on any atom is -0.352 e. The molecule has 1 fully saturated rings. The van der Waals surface area contributed by atoms with E-state index in [0.717, 1.165) is 43.9 Å². The maximum Gasteiger partial charge on any atom is 0.223 e. The number of amides is 1. The quantitative estimate of drug-likeness (QED) is 0.837. The summed E-state index contributed by atoms with van der Waals surface area (Å²) in [7, 11) is 0. The molecule has 5 nitrogen and oxygen atoms in total. The number of rotatable bonds is 5. The Balaban J connectivity index is 0.00000113.